The van der Waals surface area contributed by atoms with Crippen LogP contribution in [0.25, 0.3) is 0 Å². The number of thiol groups is 1. The molecule has 112 valence electrons. The van der Waals surface area contributed by atoms with Crippen LogP contribution >= 0.6 is 12.6 Å². The molecule has 0 atom stereocenters. The van der Waals surface area contributed by atoms with Crippen LogP contribution < -0.4 is 0 Å². The molecular formula is C13H28F3NS. The van der Waals surface area contributed by atoms with E-state index in [0.717, 1.165) is 17.7 Å². The minimum Gasteiger partial charge on any atom is -0.301 e. The fraction of sp³-hybridized carbons (Fsp3) is 0.769. The third-order valence-electron chi connectivity index (χ3n) is 0.635. The smallest absolute Gasteiger partial charge is 0.301 e. The van der Waals surface area contributed by atoms with E-state index in [9.17, 15) is 13.2 Å². The normalized spacial score (nSPS) is 9.22. The lowest BCUT2D eigenvalue weighted by atomic mass is 10.4. The van der Waals surface area contributed by atoms with Crippen molar-refractivity contribution in [2.24, 2.45) is 4.99 Å². The summed E-state index contributed by atoms with van der Waals surface area (Å²) in [5.74, 6) is 0.806. The molecule has 18 heavy (non-hydrogen) atoms. The summed E-state index contributed by atoms with van der Waals surface area (Å²) in [6.45, 7) is 12.0. The summed E-state index contributed by atoms with van der Waals surface area (Å²) in [6.07, 6.45) is 0.177. The van der Waals surface area contributed by atoms with Crippen LogP contribution in [0.15, 0.2) is 17.1 Å². The zero-order valence-corrected chi connectivity index (χ0v) is 13.3. The number of halogens is 3. The van der Waals surface area contributed by atoms with Crippen LogP contribution in [-0.2, 0) is 0 Å². The molecule has 0 N–H and O–H groups in total. The quantitative estimate of drug-likeness (QED) is 0.387. The number of hydrogen-bond donors (Lipinski definition) is 1. The van der Waals surface area contributed by atoms with Gasteiger partial charge in [0.25, 0.3) is 0 Å². The highest BCUT2D eigenvalue weighted by Gasteiger charge is 2.15. The van der Waals surface area contributed by atoms with Gasteiger partial charge in [-0.1, -0.05) is 39.3 Å². The molecule has 0 saturated heterocycles. The van der Waals surface area contributed by atoms with Gasteiger partial charge in [0.2, 0.25) is 0 Å². The molecule has 0 aliphatic rings. The Kier molecular flexibility index (Phi) is 31.7. The molecule has 0 unspecified atom stereocenters. The van der Waals surface area contributed by atoms with Crippen LogP contribution in [0.5, 0.6) is 0 Å². The lowest BCUT2D eigenvalue weighted by molar-refractivity contribution is -0.110. The van der Waals surface area contributed by atoms with Crippen LogP contribution in [0.1, 0.15) is 47.5 Å². The van der Waals surface area contributed by atoms with Crippen LogP contribution in [0.2, 0.25) is 0 Å². The molecule has 0 aromatic carbocycles. The monoisotopic (exact) mass is 287 g/mol. The van der Waals surface area contributed by atoms with Crippen molar-refractivity contribution in [3.05, 3.63) is 12.2 Å². The molecule has 0 aliphatic carbocycles. The fourth-order valence-electron chi connectivity index (χ4n) is 0.183. The molecule has 0 heterocycles. The first-order valence-electron chi connectivity index (χ1n) is 5.83. The summed E-state index contributed by atoms with van der Waals surface area (Å²) in [6, 6.07) is 0. The van der Waals surface area contributed by atoms with E-state index in [4.69, 9.17) is 0 Å². The van der Waals surface area contributed by atoms with Crippen LogP contribution in [0.4, 0.5) is 13.2 Å². The second-order valence-corrected chi connectivity index (χ2v) is 3.77. The average Bonchev–Trinajstić information content (AvgIpc) is 2.18. The third kappa shape index (κ3) is 261. The number of rotatable bonds is 2. The molecule has 1 nitrogen and oxygen atoms in total. The van der Waals surface area contributed by atoms with E-state index in [2.05, 4.69) is 45.0 Å². The van der Waals surface area contributed by atoms with Gasteiger partial charge in [-0.25, -0.2) is 0 Å². The van der Waals surface area contributed by atoms with Crippen LogP contribution in [-0.4, -0.2) is 25.2 Å². The zero-order valence-electron chi connectivity index (χ0n) is 12.4. The van der Waals surface area contributed by atoms with Gasteiger partial charge < -0.3 is 4.99 Å². The maximum absolute atomic E-state index is 10.4. The number of aliphatic imine (C=N–C) groups is 1. The number of alkyl halides is 3. The molecule has 0 bridgehead atoms. The Balaban J connectivity index is -0.0000000739. The highest BCUT2D eigenvalue weighted by atomic mass is 32.1. The van der Waals surface area contributed by atoms with Crippen LogP contribution in [0, 0.1) is 0 Å². The molecule has 0 saturated carbocycles. The second-order valence-electron chi connectivity index (χ2n) is 3.45. The Morgan fingerprint density at radius 3 is 1.50 bits per heavy atom. The van der Waals surface area contributed by atoms with Gasteiger partial charge in [0.05, 0.1) is 0 Å². The van der Waals surface area contributed by atoms with E-state index >= 15 is 0 Å². The molecule has 5 heteroatoms. The Bertz CT molecular complexity index is 172. The predicted octanol–water partition coefficient (Wildman–Crippen LogP) is 5.57. The summed E-state index contributed by atoms with van der Waals surface area (Å²) in [5, 5.41) is 0. The minimum atomic E-state index is -4.00. The Morgan fingerprint density at radius 1 is 1.28 bits per heavy atom. The van der Waals surface area contributed by atoms with Gasteiger partial charge in [0, 0.05) is 19.7 Å². The number of hydrogen-bond acceptors (Lipinski definition) is 2. The minimum absolute atomic E-state index is 0.188. The first-order valence-corrected chi connectivity index (χ1v) is 6.46. The average molecular weight is 287 g/mol. The molecule has 0 spiro atoms. The van der Waals surface area contributed by atoms with E-state index in [-0.39, 0.29) is 6.92 Å². The maximum Gasteiger partial charge on any atom is 0.386 e. The van der Waals surface area contributed by atoms with Crippen molar-refractivity contribution < 1.29 is 13.2 Å². The maximum atomic E-state index is 10.4. The number of nitrogens with zero attached hydrogens (tertiary/aromatic N) is 1. The Labute approximate surface area is 116 Å². The Morgan fingerprint density at radius 2 is 1.50 bits per heavy atom. The highest BCUT2D eigenvalue weighted by molar-refractivity contribution is 7.80. The van der Waals surface area contributed by atoms with Crippen molar-refractivity contribution in [3.63, 3.8) is 0 Å². The lowest BCUT2D eigenvalue weighted by Crippen LogP contribution is -1.95. The molecule has 0 rings (SSSR count). The van der Waals surface area contributed by atoms with E-state index in [1.807, 2.05) is 13.1 Å². The van der Waals surface area contributed by atoms with Gasteiger partial charge in [0.1, 0.15) is 0 Å². The third-order valence-corrected chi connectivity index (χ3v) is 1.17. The molecule has 0 amide bonds. The largest absolute Gasteiger partial charge is 0.386 e. The van der Waals surface area contributed by atoms with E-state index < -0.39 is 6.18 Å². The zero-order chi connectivity index (χ0) is 15.6. The summed E-state index contributed by atoms with van der Waals surface area (Å²) >= 11 is 3.92. The van der Waals surface area contributed by atoms with E-state index in [1.54, 1.807) is 7.05 Å². The molecular weight excluding hydrogens is 259 g/mol. The molecule has 0 aliphatic heterocycles. The standard InChI is InChI=1S/C4H9N.C4H8S.C3H8.C2H3F3/c1-3-4-5-2;1-4(2)3-5;1-3-2;1-2(3,4)5/h4H,3H2,1-2H3;5H,1,3H2,2H3;3H2,1-2H3;1H3. The molecule has 0 fully saturated rings. The van der Waals surface area contributed by atoms with E-state index in [1.165, 1.54) is 6.42 Å². The summed E-state index contributed by atoms with van der Waals surface area (Å²) in [4.78, 5) is 3.73. The van der Waals surface area contributed by atoms with Crippen molar-refractivity contribution in [2.45, 2.75) is 53.6 Å². The summed E-state index contributed by atoms with van der Waals surface area (Å²) in [7, 11) is 1.78. The molecule has 0 radical (unpaired) electrons. The first-order chi connectivity index (χ1) is 8.10. The topological polar surface area (TPSA) is 12.4 Å². The van der Waals surface area contributed by atoms with Gasteiger partial charge in [-0.3, -0.25) is 0 Å². The summed E-state index contributed by atoms with van der Waals surface area (Å²) < 4.78 is 31.1. The SMILES string of the molecule is C=C(C)CS.CC(F)(F)F.CCC.CCC=NC. The van der Waals surface area contributed by atoms with Gasteiger partial charge in [0.15, 0.2) is 0 Å². The van der Waals surface area contributed by atoms with Gasteiger partial charge >= 0.3 is 6.18 Å². The molecule has 0 aromatic rings. The van der Waals surface area contributed by atoms with Crippen molar-refractivity contribution >= 4 is 18.8 Å². The highest BCUT2D eigenvalue weighted by Crippen LogP contribution is 2.10. The van der Waals surface area contributed by atoms with Gasteiger partial charge in [-0.15, -0.1) is 0 Å². The van der Waals surface area contributed by atoms with Gasteiger partial charge in [-0.2, -0.15) is 25.8 Å². The van der Waals surface area contributed by atoms with Crippen LogP contribution in [0.3, 0.4) is 0 Å². The molecule has 0 aromatic heterocycles. The van der Waals surface area contributed by atoms with Crippen molar-refractivity contribution in [1.29, 1.82) is 0 Å². The van der Waals surface area contributed by atoms with Crippen molar-refractivity contribution in [2.75, 3.05) is 12.8 Å². The lowest BCUT2D eigenvalue weighted by Gasteiger charge is -1.88. The van der Waals surface area contributed by atoms with E-state index in [0.29, 0.717) is 0 Å². The fourth-order valence-corrected chi connectivity index (χ4v) is 0.183. The summed E-state index contributed by atoms with van der Waals surface area (Å²) in [5.41, 5.74) is 1.12. The first kappa shape index (κ1) is 26.2. The van der Waals surface area contributed by atoms with Crippen molar-refractivity contribution in [3.8, 4) is 0 Å². The Hall–Kier alpha value is -0.450. The van der Waals surface area contributed by atoms with Crippen molar-refractivity contribution in [1.82, 2.24) is 0 Å². The van der Waals surface area contributed by atoms with Gasteiger partial charge in [-0.05, 0) is 19.6 Å². The second kappa shape index (κ2) is 21.8. The predicted molar refractivity (Wildman–Crippen MR) is 81.1 cm³/mol.